The molecule has 3 rings (SSSR count). The van der Waals surface area contributed by atoms with Crippen LogP contribution < -0.4 is 4.31 Å². The van der Waals surface area contributed by atoms with Gasteiger partial charge in [0.05, 0.1) is 29.3 Å². The highest BCUT2D eigenvalue weighted by molar-refractivity contribution is 7.92. The molecule has 0 spiro atoms. The monoisotopic (exact) mass is 388 g/mol. The van der Waals surface area contributed by atoms with E-state index in [2.05, 4.69) is 0 Å². The zero-order chi connectivity index (χ0) is 19.6. The minimum Gasteiger partial charge on any atom is -0.375 e. The maximum absolute atomic E-state index is 13.0. The van der Waals surface area contributed by atoms with Gasteiger partial charge in [0.25, 0.3) is 15.9 Å². The average molecular weight is 388 g/mol. The number of nitrogens with zero attached hydrogens (tertiary/aromatic N) is 2. The SMILES string of the molecule is CC1CN(C(=O)c2cccc(S(=O)(=O)N(C)c3ccccc3)c2)C(C)CO1. The Balaban J connectivity index is 1.90. The van der Waals surface area contributed by atoms with E-state index in [9.17, 15) is 13.2 Å². The van der Waals surface area contributed by atoms with E-state index in [1.165, 1.54) is 23.5 Å². The highest BCUT2D eigenvalue weighted by atomic mass is 32.2. The number of amides is 1. The van der Waals surface area contributed by atoms with Crippen molar-refractivity contribution in [2.45, 2.75) is 30.9 Å². The largest absolute Gasteiger partial charge is 0.375 e. The molecule has 1 aliphatic rings. The van der Waals surface area contributed by atoms with Gasteiger partial charge in [0.2, 0.25) is 0 Å². The van der Waals surface area contributed by atoms with Crippen molar-refractivity contribution in [1.82, 2.24) is 4.90 Å². The van der Waals surface area contributed by atoms with Gasteiger partial charge in [0, 0.05) is 19.2 Å². The lowest BCUT2D eigenvalue weighted by atomic mass is 10.1. The number of anilines is 1. The van der Waals surface area contributed by atoms with E-state index in [1.807, 2.05) is 19.9 Å². The molecule has 0 aromatic heterocycles. The highest BCUT2D eigenvalue weighted by Gasteiger charge is 2.29. The van der Waals surface area contributed by atoms with E-state index in [-0.39, 0.29) is 22.9 Å². The van der Waals surface area contributed by atoms with Gasteiger partial charge in [0.15, 0.2) is 0 Å². The summed E-state index contributed by atoms with van der Waals surface area (Å²) in [6.07, 6.45) is -0.0405. The van der Waals surface area contributed by atoms with Crippen molar-refractivity contribution >= 4 is 21.6 Å². The number of hydrogen-bond acceptors (Lipinski definition) is 4. The first-order valence-electron chi connectivity index (χ1n) is 8.87. The second kappa shape index (κ2) is 7.70. The number of para-hydroxylation sites is 1. The van der Waals surface area contributed by atoms with Crippen LogP contribution in [0.4, 0.5) is 5.69 Å². The van der Waals surface area contributed by atoms with Gasteiger partial charge in [-0.25, -0.2) is 8.42 Å². The number of ether oxygens (including phenoxy) is 1. The molecule has 1 fully saturated rings. The van der Waals surface area contributed by atoms with E-state index < -0.39 is 10.0 Å². The molecule has 0 radical (unpaired) electrons. The summed E-state index contributed by atoms with van der Waals surface area (Å²) in [4.78, 5) is 14.8. The number of sulfonamides is 1. The number of benzene rings is 2. The summed E-state index contributed by atoms with van der Waals surface area (Å²) in [6, 6.07) is 15.0. The lowest BCUT2D eigenvalue weighted by Gasteiger charge is -2.36. The number of carbonyl (C=O) groups is 1. The van der Waals surface area contributed by atoms with Crippen LogP contribution in [0.3, 0.4) is 0 Å². The fourth-order valence-corrected chi connectivity index (χ4v) is 4.32. The van der Waals surface area contributed by atoms with Crippen LogP contribution in [-0.2, 0) is 14.8 Å². The van der Waals surface area contributed by atoms with Crippen molar-refractivity contribution in [2.24, 2.45) is 0 Å². The van der Waals surface area contributed by atoms with Crippen molar-refractivity contribution in [2.75, 3.05) is 24.5 Å². The molecule has 0 bridgehead atoms. The van der Waals surface area contributed by atoms with Crippen LogP contribution in [0.2, 0.25) is 0 Å². The number of carbonyl (C=O) groups excluding carboxylic acids is 1. The molecule has 2 aromatic carbocycles. The van der Waals surface area contributed by atoms with Gasteiger partial charge in [-0.05, 0) is 44.2 Å². The maximum atomic E-state index is 13.0. The first kappa shape index (κ1) is 19.4. The van der Waals surface area contributed by atoms with Crippen LogP contribution in [0.5, 0.6) is 0 Å². The molecule has 1 heterocycles. The zero-order valence-electron chi connectivity index (χ0n) is 15.7. The second-order valence-electron chi connectivity index (χ2n) is 6.79. The molecular formula is C20H24N2O4S. The summed E-state index contributed by atoms with van der Waals surface area (Å²) >= 11 is 0. The van der Waals surface area contributed by atoms with Crippen molar-refractivity contribution in [1.29, 1.82) is 0 Å². The summed E-state index contributed by atoms with van der Waals surface area (Å²) in [6.45, 7) is 4.80. The molecule has 27 heavy (non-hydrogen) atoms. The topological polar surface area (TPSA) is 66.9 Å². The van der Waals surface area contributed by atoms with E-state index in [0.717, 1.165) is 0 Å². The van der Waals surface area contributed by atoms with Crippen molar-refractivity contribution in [3.05, 3.63) is 60.2 Å². The molecule has 0 N–H and O–H groups in total. The van der Waals surface area contributed by atoms with Gasteiger partial charge in [-0.3, -0.25) is 9.10 Å². The minimum atomic E-state index is -3.77. The third-order valence-corrected chi connectivity index (χ3v) is 6.51. The van der Waals surface area contributed by atoms with E-state index in [0.29, 0.717) is 24.4 Å². The standard InChI is InChI=1S/C20H24N2O4S/c1-15-14-26-16(2)13-22(15)20(23)17-8-7-11-19(12-17)27(24,25)21(3)18-9-5-4-6-10-18/h4-12,15-16H,13-14H2,1-3H3. The lowest BCUT2D eigenvalue weighted by Crippen LogP contribution is -2.50. The van der Waals surface area contributed by atoms with Crippen molar-refractivity contribution in [3.8, 4) is 0 Å². The molecule has 1 amide bonds. The van der Waals surface area contributed by atoms with E-state index in [1.54, 1.807) is 41.3 Å². The quantitative estimate of drug-likeness (QED) is 0.808. The Hall–Kier alpha value is -2.38. The average Bonchev–Trinajstić information content (AvgIpc) is 2.69. The van der Waals surface area contributed by atoms with Crippen LogP contribution in [-0.4, -0.2) is 51.6 Å². The summed E-state index contributed by atoms with van der Waals surface area (Å²) in [5.41, 5.74) is 0.920. The predicted octanol–water partition coefficient (Wildman–Crippen LogP) is 2.76. The Bertz CT molecular complexity index is 915. The summed E-state index contributed by atoms with van der Waals surface area (Å²) in [7, 11) is -2.26. The molecule has 0 aliphatic carbocycles. The minimum absolute atomic E-state index is 0.0405. The third-order valence-electron chi connectivity index (χ3n) is 4.73. The Morgan fingerprint density at radius 1 is 1.11 bits per heavy atom. The van der Waals surface area contributed by atoms with Gasteiger partial charge in [-0.1, -0.05) is 24.3 Å². The molecule has 1 saturated heterocycles. The Kier molecular flexibility index (Phi) is 5.53. The fourth-order valence-electron chi connectivity index (χ4n) is 3.08. The van der Waals surface area contributed by atoms with Gasteiger partial charge >= 0.3 is 0 Å². The van der Waals surface area contributed by atoms with Gasteiger partial charge in [-0.2, -0.15) is 0 Å². The van der Waals surface area contributed by atoms with Crippen LogP contribution in [0.15, 0.2) is 59.5 Å². The number of rotatable bonds is 4. The highest BCUT2D eigenvalue weighted by Crippen LogP contribution is 2.23. The molecule has 2 atom stereocenters. The predicted molar refractivity (Wildman–Crippen MR) is 104 cm³/mol. The Morgan fingerprint density at radius 3 is 2.52 bits per heavy atom. The van der Waals surface area contributed by atoms with Gasteiger partial charge in [0.1, 0.15) is 0 Å². The van der Waals surface area contributed by atoms with Gasteiger partial charge in [-0.15, -0.1) is 0 Å². The first-order chi connectivity index (χ1) is 12.8. The molecule has 0 saturated carbocycles. The second-order valence-corrected chi connectivity index (χ2v) is 8.76. The molecular weight excluding hydrogens is 364 g/mol. The third kappa shape index (κ3) is 3.99. The van der Waals surface area contributed by atoms with Crippen LogP contribution in [0.1, 0.15) is 24.2 Å². The number of morpholine rings is 1. The van der Waals surface area contributed by atoms with E-state index in [4.69, 9.17) is 4.74 Å². The Morgan fingerprint density at radius 2 is 1.81 bits per heavy atom. The Labute approximate surface area is 160 Å². The maximum Gasteiger partial charge on any atom is 0.264 e. The normalized spacial score (nSPS) is 20.3. The van der Waals surface area contributed by atoms with Crippen molar-refractivity contribution < 1.29 is 17.9 Å². The molecule has 2 aromatic rings. The smallest absolute Gasteiger partial charge is 0.264 e. The number of hydrogen-bond donors (Lipinski definition) is 0. The summed E-state index contributed by atoms with van der Waals surface area (Å²) < 4.78 is 32.7. The molecule has 144 valence electrons. The lowest BCUT2D eigenvalue weighted by molar-refractivity contribution is -0.0387. The van der Waals surface area contributed by atoms with Crippen LogP contribution in [0.25, 0.3) is 0 Å². The van der Waals surface area contributed by atoms with Gasteiger partial charge < -0.3 is 9.64 Å². The zero-order valence-corrected chi connectivity index (χ0v) is 16.5. The van der Waals surface area contributed by atoms with Crippen LogP contribution in [0, 0.1) is 0 Å². The summed E-state index contributed by atoms with van der Waals surface area (Å²) in [5.74, 6) is -0.183. The first-order valence-corrected chi connectivity index (χ1v) is 10.3. The molecule has 1 aliphatic heterocycles. The fraction of sp³-hybridized carbons (Fsp3) is 0.350. The van der Waals surface area contributed by atoms with Crippen molar-refractivity contribution in [3.63, 3.8) is 0 Å². The van der Waals surface area contributed by atoms with E-state index >= 15 is 0 Å². The van der Waals surface area contributed by atoms with Crippen LogP contribution >= 0.6 is 0 Å². The molecule has 2 unspecified atom stereocenters. The molecule has 6 nitrogen and oxygen atoms in total. The molecule has 7 heteroatoms. The summed E-state index contributed by atoms with van der Waals surface area (Å²) in [5, 5.41) is 0.